The van der Waals surface area contributed by atoms with E-state index in [1.54, 1.807) is 14.1 Å². The Bertz CT molecular complexity index is 1070. The van der Waals surface area contributed by atoms with Crippen LogP contribution in [0.1, 0.15) is 12.1 Å². The van der Waals surface area contributed by atoms with Crippen LogP contribution in [0.4, 0.5) is 10.6 Å². The Labute approximate surface area is 187 Å². The van der Waals surface area contributed by atoms with Crippen LogP contribution in [0.15, 0.2) is 18.5 Å². The van der Waals surface area contributed by atoms with Crippen molar-refractivity contribution in [3.05, 3.63) is 24.2 Å². The van der Waals surface area contributed by atoms with Crippen molar-refractivity contribution in [1.29, 1.82) is 5.26 Å². The number of anilines is 1. The van der Waals surface area contributed by atoms with E-state index in [2.05, 4.69) is 10.1 Å². The zero-order chi connectivity index (χ0) is 24.3. The summed E-state index contributed by atoms with van der Waals surface area (Å²) in [6.07, 6.45) is -4.46. The van der Waals surface area contributed by atoms with Crippen LogP contribution in [0, 0.1) is 11.3 Å². The molecule has 0 radical (unpaired) electrons. The van der Waals surface area contributed by atoms with Crippen molar-refractivity contribution in [3.63, 3.8) is 0 Å². The van der Waals surface area contributed by atoms with Crippen LogP contribution >= 0.6 is 0 Å². The Morgan fingerprint density at radius 1 is 1.39 bits per heavy atom. The maximum absolute atomic E-state index is 11.9. The van der Waals surface area contributed by atoms with Crippen molar-refractivity contribution >= 4 is 23.5 Å². The number of hydrogen-bond donors (Lipinski definition) is 4. The van der Waals surface area contributed by atoms with Gasteiger partial charge in [-0.15, -0.1) is 0 Å². The van der Waals surface area contributed by atoms with E-state index in [9.17, 15) is 25.1 Å². The quantitative estimate of drug-likeness (QED) is 0.336. The molecule has 1 aliphatic heterocycles. The zero-order valence-corrected chi connectivity index (χ0v) is 17.9. The molecule has 2 aromatic rings. The number of nitrogens with two attached hydrogens (primary N) is 1. The summed E-state index contributed by atoms with van der Waals surface area (Å²) in [6.45, 7) is -0.749. The Balaban J connectivity index is 1.65. The fourth-order valence-electron chi connectivity index (χ4n) is 3.60. The minimum Gasteiger partial charge on any atom is -0.480 e. The normalized spacial score (nSPS) is 25.6. The van der Waals surface area contributed by atoms with Crippen LogP contribution in [0.5, 0.6) is 0 Å². The molecule has 1 fully saturated rings. The lowest BCUT2D eigenvalue weighted by Gasteiger charge is -2.24. The Morgan fingerprint density at radius 3 is 2.76 bits per heavy atom. The molecule has 0 saturated carbocycles. The highest BCUT2D eigenvalue weighted by Crippen LogP contribution is 2.40. The van der Waals surface area contributed by atoms with Crippen molar-refractivity contribution in [2.24, 2.45) is 0 Å². The summed E-state index contributed by atoms with van der Waals surface area (Å²) in [6, 6.07) is 4.01. The number of aliphatic carboxylic acids is 1. The van der Waals surface area contributed by atoms with Crippen LogP contribution in [-0.2, 0) is 24.6 Å². The molecular weight excluding hydrogens is 440 g/mol. The SMILES string of the molecule is CN(C)[C@@H](CCOC(=O)OC[C@H]1O[C@@](C#N)(c2ccc3c(N)ncnn23)[C@H](O)[C@@H]1O)C(=O)O. The predicted octanol–water partition coefficient (Wildman–Crippen LogP) is -1.29. The van der Waals surface area contributed by atoms with Crippen LogP contribution in [-0.4, -0.2) is 98.6 Å². The number of fused-ring (bicyclic) bond motifs is 1. The monoisotopic (exact) mass is 464 g/mol. The first-order valence-electron chi connectivity index (χ1n) is 9.85. The van der Waals surface area contributed by atoms with E-state index in [0.717, 1.165) is 6.33 Å². The molecule has 2 aromatic heterocycles. The molecule has 0 bridgehead atoms. The van der Waals surface area contributed by atoms with E-state index in [1.807, 2.05) is 6.07 Å². The fourth-order valence-corrected chi connectivity index (χ4v) is 3.60. The molecule has 0 unspecified atom stereocenters. The van der Waals surface area contributed by atoms with Crippen molar-refractivity contribution < 1.29 is 39.1 Å². The molecule has 0 aliphatic carbocycles. The van der Waals surface area contributed by atoms with Crippen molar-refractivity contribution in [2.45, 2.75) is 36.4 Å². The van der Waals surface area contributed by atoms with Gasteiger partial charge >= 0.3 is 12.1 Å². The van der Waals surface area contributed by atoms with Gasteiger partial charge in [-0.25, -0.2) is 14.3 Å². The van der Waals surface area contributed by atoms with Crippen molar-refractivity contribution in [3.8, 4) is 6.07 Å². The van der Waals surface area contributed by atoms with Crippen LogP contribution in [0.25, 0.3) is 5.52 Å². The number of nitriles is 1. The highest BCUT2D eigenvalue weighted by molar-refractivity contribution is 5.73. The zero-order valence-electron chi connectivity index (χ0n) is 17.9. The number of nitrogens with zero attached hydrogens (tertiary/aromatic N) is 5. The third kappa shape index (κ3) is 4.52. The second-order valence-electron chi connectivity index (χ2n) is 7.62. The lowest BCUT2D eigenvalue weighted by molar-refractivity contribution is -0.143. The number of likely N-dealkylation sites (N-methyl/N-ethyl adjacent to an activating group) is 1. The van der Waals surface area contributed by atoms with Crippen molar-refractivity contribution in [2.75, 3.05) is 33.0 Å². The number of rotatable bonds is 8. The fraction of sp³-hybridized carbons (Fsp3) is 0.526. The molecule has 5 atom stereocenters. The minimum absolute atomic E-state index is 0.0303. The molecule has 0 aromatic carbocycles. The highest BCUT2D eigenvalue weighted by Gasteiger charge is 2.57. The summed E-state index contributed by atoms with van der Waals surface area (Å²) in [5.41, 5.74) is 4.25. The number of nitrogen functional groups attached to an aromatic ring is 1. The van der Waals surface area contributed by atoms with Gasteiger partial charge in [0.25, 0.3) is 0 Å². The number of aliphatic hydroxyl groups is 2. The summed E-state index contributed by atoms with van der Waals surface area (Å²) >= 11 is 0. The number of aliphatic hydroxyl groups excluding tert-OH is 2. The van der Waals surface area contributed by atoms with E-state index >= 15 is 0 Å². The lowest BCUT2D eigenvalue weighted by Crippen LogP contribution is -2.41. The number of hydrogen-bond acceptors (Lipinski definition) is 12. The minimum atomic E-state index is -2.02. The molecule has 33 heavy (non-hydrogen) atoms. The summed E-state index contributed by atoms with van der Waals surface area (Å²) in [7, 11) is 3.16. The Kier molecular flexibility index (Phi) is 6.98. The van der Waals surface area contributed by atoms with Gasteiger partial charge in [0.2, 0.25) is 5.60 Å². The average molecular weight is 464 g/mol. The molecule has 3 rings (SSSR count). The topological polar surface area (TPSA) is 206 Å². The van der Waals surface area contributed by atoms with E-state index < -0.39 is 48.7 Å². The maximum atomic E-state index is 11.9. The summed E-state index contributed by atoms with van der Waals surface area (Å²) in [4.78, 5) is 28.3. The van der Waals surface area contributed by atoms with Gasteiger partial charge in [0.05, 0.1) is 12.3 Å². The van der Waals surface area contributed by atoms with Gasteiger partial charge < -0.3 is 35.3 Å². The van der Waals surface area contributed by atoms with Crippen LogP contribution in [0.2, 0.25) is 0 Å². The first kappa shape index (κ1) is 24.1. The highest BCUT2D eigenvalue weighted by atomic mass is 16.7. The Morgan fingerprint density at radius 2 is 2.12 bits per heavy atom. The molecular formula is C19H24N6O8. The number of ether oxygens (including phenoxy) is 3. The second kappa shape index (κ2) is 9.55. The summed E-state index contributed by atoms with van der Waals surface area (Å²) < 4.78 is 16.7. The van der Waals surface area contributed by atoms with Crippen molar-refractivity contribution in [1.82, 2.24) is 19.5 Å². The van der Waals surface area contributed by atoms with E-state index in [0.29, 0.717) is 5.52 Å². The first-order valence-corrected chi connectivity index (χ1v) is 9.85. The average Bonchev–Trinajstić information content (AvgIpc) is 3.31. The molecule has 3 heterocycles. The molecule has 1 aliphatic rings. The number of carbonyl (C=O) groups is 2. The molecule has 178 valence electrons. The van der Waals surface area contributed by atoms with E-state index in [4.69, 9.17) is 25.1 Å². The molecule has 5 N–H and O–H groups in total. The summed E-state index contributed by atoms with van der Waals surface area (Å²) in [5, 5.41) is 44.1. The standard InChI is InChI=1S/C19H24N6O8/c1-24(2)11(17(28)29)5-6-31-18(30)32-7-12-14(26)15(27)19(8-20,33-12)13-4-3-10-16(21)22-9-23-25(10)13/h3-4,9,11-12,14-15,26-27H,5-7H2,1-2H3,(H,28,29)(H2,21,22,23)/t11-,12+,14+,15+,19-/m0/s1. The van der Waals surface area contributed by atoms with Gasteiger partial charge in [0.15, 0.2) is 5.82 Å². The number of carboxylic acid groups (broad SMARTS) is 1. The van der Waals surface area contributed by atoms with Crippen LogP contribution < -0.4 is 5.73 Å². The molecule has 0 spiro atoms. The molecule has 14 nitrogen and oxygen atoms in total. The van der Waals surface area contributed by atoms with Gasteiger partial charge in [-0.05, 0) is 26.2 Å². The third-order valence-electron chi connectivity index (χ3n) is 5.37. The molecule has 14 heteroatoms. The number of carbonyl (C=O) groups excluding carboxylic acids is 1. The second-order valence-corrected chi connectivity index (χ2v) is 7.62. The summed E-state index contributed by atoms with van der Waals surface area (Å²) in [5.74, 6) is -0.925. The third-order valence-corrected chi connectivity index (χ3v) is 5.37. The van der Waals surface area contributed by atoms with E-state index in [1.165, 1.54) is 21.5 Å². The first-order chi connectivity index (χ1) is 15.6. The number of carboxylic acids is 1. The lowest BCUT2D eigenvalue weighted by atomic mass is 9.92. The predicted molar refractivity (Wildman–Crippen MR) is 109 cm³/mol. The van der Waals surface area contributed by atoms with Gasteiger partial charge in [-0.1, -0.05) is 0 Å². The Hall–Kier alpha value is -3.51. The van der Waals surface area contributed by atoms with Gasteiger partial charge in [-0.2, -0.15) is 10.4 Å². The maximum Gasteiger partial charge on any atom is 0.508 e. The van der Waals surface area contributed by atoms with Gasteiger partial charge in [0.1, 0.15) is 48.9 Å². The largest absolute Gasteiger partial charge is 0.508 e. The van der Waals surface area contributed by atoms with Gasteiger partial charge in [0, 0.05) is 6.42 Å². The molecule has 1 saturated heterocycles. The molecule has 0 amide bonds. The van der Waals surface area contributed by atoms with Crippen LogP contribution in [0.3, 0.4) is 0 Å². The van der Waals surface area contributed by atoms with Gasteiger partial charge in [-0.3, -0.25) is 9.69 Å². The smallest absolute Gasteiger partial charge is 0.480 e. The van der Waals surface area contributed by atoms with E-state index in [-0.39, 0.29) is 24.5 Å². The number of aromatic nitrogens is 3.